The van der Waals surface area contributed by atoms with Gasteiger partial charge in [-0.1, -0.05) is 12.1 Å². The summed E-state index contributed by atoms with van der Waals surface area (Å²) in [7, 11) is 0. The summed E-state index contributed by atoms with van der Waals surface area (Å²) in [6, 6.07) is 9.58. The fourth-order valence-corrected chi connectivity index (χ4v) is 1.21. The molecule has 0 bridgehead atoms. The molecular formula is C9H11ClN4. The van der Waals surface area contributed by atoms with Gasteiger partial charge in [0.1, 0.15) is 0 Å². The molecule has 0 aliphatic carbocycles. The number of hydrazine groups is 1. The van der Waals surface area contributed by atoms with Gasteiger partial charge in [0.25, 0.3) is 0 Å². The van der Waals surface area contributed by atoms with Crippen molar-refractivity contribution in [3.63, 3.8) is 0 Å². The fraction of sp³-hybridized carbons (Fsp3) is 0. The van der Waals surface area contributed by atoms with Crippen molar-refractivity contribution < 1.29 is 0 Å². The Balaban J connectivity index is 0.000000980. The first-order valence-corrected chi connectivity index (χ1v) is 3.97. The first-order chi connectivity index (χ1) is 6.42. The first kappa shape index (κ1) is 10.6. The van der Waals surface area contributed by atoms with Gasteiger partial charge in [-0.05, 0) is 18.2 Å². The van der Waals surface area contributed by atoms with Crippen molar-refractivity contribution in [1.82, 2.24) is 9.78 Å². The first-order valence-electron chi connectivity index (χ1n) is 3.97. The van der Waals surface area contributed by atoms with Crippen LogP contribution in [0.2, 0.25) is 0 Å². The van der Waals surface area contributed by atoms with Crippen molar-refractivity contribution in [2.75, 3.05) is 5.43 Å². The maximum Gasteiger partial charge on any atom is 0.0890 e. The van der Waals surface area contributed by atoms with E-state index in [1.54, 1.807) is 10.9 Å². The third-order valence-electron chi connectivity index (χ3n) is 1.81. The van der Waals surface area contributed by atoms with E-state index in [4.69, 9.17) is 5.84 Å². The summed E-state index contributed by atoms with van der Waals surface area (Å²) >= 11 is 0. The molecule has 1 aromatic carbocycles. The van der Waals surface area contributed by atoms with Crippen molar-refractivity contribution >= 4 is 18.1 Å². The number of anilines is 1. The molecule has 0 aliphatic rings. The number of nitrogens with zero attached hydrogens (tertiary/aromatic N) is 2. The molecule has 0 atom stereocenters. The second-order valence-electron chi connectivity index (χ2n) is 2.61. The number of nitrogens with two attached hydrogens (primary N) is 1. The van der Waals surface area contributed by atoms with Crippen LogP contribution >= 0.6 is 12.4 Å². The maximum absolute atomic E-state index is 5.37. The summed E-state index contributed by atoms with van der Waals surface area (Å²) < 4.78 is 1.76. The van der Waals surface area contributed by atoms with Crippen LogP contribution in [0.25, 0.3) is 5.69 Å². The standard InChI is InChI=1S/C9H10N4.ClH/c10-12-8-4-1-2-5-9(8)13-7-3-6-11-13;/h1-7,12H,10H2;1H. The number of nitrogen functional groups attached to an aromatic ring is 1. The van der Waals surface area contributed by atoms with E-state index in [0.717, 1.165) is 11.4 Å². The van der Waals surface area contributed by atoms with Crippen LogP contribution in [0.4, 0.5) is 5.69 Å². The van der Waals surface area contributed by atoms with E-state index >= 15 is 0 Å². The Kier molecular flexibility index (Phi) is 3.50. The maximum atomic E-state index is 5.37. The molecule has 2 rings (SSSR count). The van der Waals surface area contributed by atoms with Crippen LogP contribution in [-0.4, -0.2) is 9.78 Å². The number of hydrogen-bond donors (Lipinski definition) is 2. The zero-order valence-electron chi connectivity index (χ0n) is 7.42. The lowest BCUT2D eigenvalue weighted by atomic mass is 10.3. The van der Waals surface area contributed by atoms with Gasteiger partial charge in [-0.25, -0.2) is 4.68 Å². The van der Waals surface area contributed by atoms with E-state index in [2.05, 4.69) is 10.5 Å². The highest BCUT2D eigenvalue weighted by Gasteiger charge is 2.00. The van der Waals surface area contributed by atoms with Crippen LogP contribution in [0, 0.1) is 0 Å². The molecule has 0 fully saturated rings. The van der Waals surface area contributed by atoms with Gasteiger partial charge in [-0.2, -0.15) is 5.10 Å². The average molecular weight is 211 g/mol. The Hall–Kier alpha value is -1.52. The fourth-order valence-electron chi connectivity index (χ4n) is 1.21. The Morgan fingerprint density at radius 1 is 1.21 bits per heavy atom. The van der Waals surface area contributed by atoms with Gasteiger partial charge in [0.2, 0.25) is 0 Å². The zero-order valence-corrected chi connectivity index (χ0v) is 8.24. The zero-order chi connectivity index (χ0) is 9.10. The van der Waals surface area contributed by atoms with Crippen molar-refractivity contribution in [3.05, 3.63) is 42.7 Å². The van der Waals surface area contributed by atoms with E-state index in [0.29, 0.717) is 0 Å². The molecule has 0 saturated heterocycles. The molecule has 1 aromatic heterocycles. The van der Waals surface area contributed by atoms with Crippen LogP contribution in [0.15, 0.2) is 42.7 Å². The summed E-state index contributed by atoms with van der Waals surface area (Å²) in [5.41, 5.74) is 4.42. The lowest BCUT2D eigenvalue weighted by Crippen LogP contribution is -2.10. The van der Waals surface area contributed by atoms with Crippen molar-refractivity contribution in [2.45, 2.75) is 0 Å². The molecule has 3 N–H and O–H groups in total. The molecule has 2 aromatic rings. The Morgan fingerprint density at radius 2 is 2.00 bits per heavy atom. The van der Waals surface area contributed by atoms with E-state index < -0.39 is 0 Å². The van der Waals surface area contributed by atoms with Gasteiger partial charge in [0.05, 0.1) is 11.4 Å². The predicted molar refractivity (Wildman–Crippen MR) is 58.6 cm³/mol. The highest BCUT2D eigenvalue weighted by atomic mass is 35.5. The minimum absolute atomic E-state index is 0. The second-order valence-corrected chi connectivity index (χ2v) is 2.61. The average Bonchev–Trinajstić information content (AvgIpc) is 2.70. The molecule has 0 unspecified atom stereocenters. The molecule has 0 amide bonds. The smallest absolute Gasteiger partial charge is 0.0890 e. The minimum Gasteiger partial charge on any atom is -0.322 e. The summed E-state index contributed by atoms with van der Waals surface area (Å²) in [6.45, 7) is 0. The van der Waals surface area contributed by atoms with Crippen LogP contribution in [-0.2, 0) is 0 Å². The molecule has 1 heterocycles. The quantitative estimate of drug-likeness (QED) is 0.585. The van der Waals surface area contributed by atoms with Gasteiger partial charge < -0.3 is 5.43 Å². The number of rotatable bonds is 2. The normalized spacial score (nSPS) is 9.21. The molecule has 0 spiro atoms. The van der Waals surface area contributed by atoms with Gasteiger partial charge >= 0.3 is 0 Å². The van der Waals surface area contributed by atoms with Crippen LogP contribution < -0.4 is 11.3 Å². The summed E-state index contributed by atoms with van der Waals surface area (Å²) in [5.74, 6) is 5.37. The molecule has 5 heteroatoms. The van der Waals surface area contributed by atoms with Crippen molar-refractivity contribution in [2.24, 2.45) is 5.84 Å². The van der Waals surface area contributed by atoms with Gasteiger partial charge in [0, 0.05) is 12.4 Å². The van der Waals surface area contributed by atoms with Gasteiger partial charge in [-0.15, -0.1) is 12.4 Å². The molecule has 0 aliphatic heterocycles. The number of para-hydroxylation sites is 2. The molecule has 0 saturated carbocycles. The SMILES string of the molecule is Cl.NNc1ccccc1-n1cccn1. The predicted octanol–water partition coefficient (Wildman–Crippen LogP) is 1.58. The van der Waals surface area contributed by atoms with E-state index in [1.165, 1.54) is 0 Å². The Morgan fingerprint density at radius 3 is 2.64 bits per heavy atom. The number of benzene rings is 1. The highest BCUT2D eigenvalue weighted by molar-refractivity contribution is 5.85. The van der Waals surface area contributed by atoms with Crippen molar-refractivity contribution in [3.8, 4) is 5.69 Å². The van der Waals surface area contributed by atoms with E-state index in [-0.39, 0.29) is 12.4 Å². The summed E-state index contributed by atoms with van der Waals surface area (Å²) in [4.78, 5) is 0. The number of nitrogens with one attached hydrogen (secondary N) is 1. The van der Waals surface area contributed by atoms with Crippen molar-refractivity contribution in [1.29, 1.82) is 0 Å². The van der Waals surface area contributed by atoms with Crippen LogP contribution in [0.3, 0.4) is 0 Å². The third-order valence-corrected chi connectivity index (χ3v) is 1.81. The number of aromatic nitrogens is 2. The molecule has 74 valence electrons. The van der Waals surface area contributed by atoms with E-state index in [1.807, 2.05) is 36.5 Å². The molecule has 0 radical (unpaired) electrons. The lowest BCUT2D eigenvalue weighted by molar-refractivity contribution is 0.880. The third kappa shape index (κ3) is 1.86. The molecule has 4 nitrogen and oxygen atoms in total. The monoisotopic (exact) mass is 210 g/mol. The summed E-state index contributed by atoms with van der Waals surface area (Å²) in [5, 5.41) is 4.12. The molecular weight excluding hydrogens is 200 g/mol. The van der Waals surface area contributed by atoms with Gasteiger partial charge in [-0.3, -0.25) is 5.84 Å². The number of hydrogen-bond acceptors (Lipinski definition) is 3. The topological polar surface area (TPSA) is 55.9 Å². The molecule has 14 heavy (non-hydrogen) atoms. The lowest BCUT2D eigenvalue weighted by Gasteiger charge is -2.07. The Bertz CT molecular complexity index is 385. The highest BCUT2D eigenvalue weighted by Crippen LogP contribution is 2.16. The summed E-state index contributed by atoms with van der Waals surface area (Å²) in [6.07, 6.45) is 3.60. The minimum atomic E-state index is 0. The van der Waals surface area contributed by atoms with E-state index in [9.17, 15) is 0 Å². The largest absolute Gasteiger partial charge is 0.322 e. The number of halogens is 1. The second kappa shape index (κ2) is 4.64. The Labute approximate surface area is 88.1 Å². The van der Waals surface area contributed by atoms with Crippen LogP contribution in [0.5, 0.6) is 0 Å². The van der Waals surface area contributed by atoms with Crippen LogP contribution in [0.1, 0.15) is 0 Å². The van der Waals surface area contributed by atoms with Gasteiger partial charge in [0.15, 0.2) is 0 Å².